The molecule has 0 aliphatic carbocycles. The van der Waals surface area contributed by atoms with Gasteiger partial charge in [-0.25, -0.2) is 0 Å². The molecule has 0 bridgehead atoms. The number of rotatable bonds is 5. The predicted octanol–water partition coefficient (Wildman–Crippen LogP) is 6.24. The molecule has 1 N–H and O–H groups in total. The highest BCUT2D eigenvalue weighted by atomic mass is 19.4. The summed E-state index contributed by atoms with van der Waals surface area (Å²) in [6, 6.07) is 4.37. The van der Waals surface area contributed by atoms with Gasteiger partial charge >= 0.3 is 6.18 Å². The standard InChI is InChI=1S/C22H23F3N2O.C2H6O.C2H6/c1-3-4-6-16(14-28)11-15(2)13-27-20-9-10-26-12-18(20)17-7-5-8-19(21(17)27)22(23,24)25;1-3-2;1-2/h3-8,11,14,26H,9-10,12-13H2,1-2H3;1-2H3;1-2H3/b4-3-,15-11+,16-6+;;. The molecule has 1 aromatic heterocycles. The van der Waals surface area contributed by atoms with E-state index in [0.29, 0.717) is 30.5 Å². The Morgan fingerprint density at radius 3 is 2.48 bits per heavy atom. The lowest BCUT2D eigenvalue weighted by molar-refractivity contribution is -0.136. The van der Waals surface area contributed by atoms with Crippen LogP contribution in [0, 0.1) is 0 Å². The van der Waals surface area contributed by atoms with Crippen LogP contribution < -0.4 is 5.32 Å². The first-order valence-corrected chi connectivity index (χ1v) is 11.0. The molecule has 0 atom stereocenters. The van der Waals surface area contributed by atoms with Crippen molar-refractivity contribution in [1.29, 1.82) is 0 Å². The van der Waals surface area contributed by atoms with Gasteiger partial charge in [0.2, 0.25) is 0 Å². The first-order valence-electron chi connectivity index (χ1n) is 11.0. The maximum Gasteiger partial charge on any atom is 0.418 e. The molecule has 0 fully saturated rings. The number of halogens is 3. The van der Waals surface area contributed by atoms with Crippen LogP contribution in [0.25, 0.3) is 10.9 Å². The van der Waals surface area contributed by atoms with E-state index in [0.717, 1.165) is 35.7 Å². The Morgan fingerprint density at radius 1 is 1.24 bits per heavy atom. The summed E-state index contributed by atoms with van der Waals surface area (Å²) in [7, 11) is 3.25. The second-order valence-electron chi connectivity index (χ2n) is 7.35. The van der Waals surface area contributed by atoms with Crippen LogP contribution in [0.4, 0.5) is 13.2 Å². The molecule has 0 saturated carbocycles. The summed E-state index contributed by atoms with van der Waals surface area (Å²) in [5, 5.41) is 3.89. The topological polar surface area (TPSA) is 43.3 Å². The zero-order valence-electron chi connectivity index (χ0n) is 20.3. The molecule has 0 spiro atoms. The van der Waals surface area contributed by atoms with Crippen LogP contribution in [0.5, 0.6) is 0 Å². The van der Waals surface area contributed by atoms with Crippen molar-refractivity contribution in [1.82, 2.24) is 9.88 Å². The number of alkyl halides is 3. The van der Waals surface area contributed by atoms with Gasteiger partial charge in [-0.2, -0.15) is 13.2 Å². The summed E-state index contributed by atoms with van der Waals surface area (Å²) in [5.74, 6) is 0. The lowest BCUT2D eigenvalue weighted by Gasteiger charge is -2.18. The number of para-hydroxylation sites is 1. The Morgan fingerprint density at radius 2 is 1.91 bits per heavy atom. The van der Waals surface area contributed by atoms with Gasteiger partial charge < -0.3 is 14.6 Å². The van der Waals surface area contributed by atoms with E-state index in [1.807, 2.05) is 33.8 Å². The van der Waals surface area contributed by atoms with Gasteiger partial charge in [0.1, 0.15) is 6.29 Å². The van der Waals surface area contributed by atoms with Gasteiger partial charge in [0.15, 0.2) is 0 Å². The number of nitrogens with zero attached hydrogens (tertiary/aromatic N) is 1. The maximum absolute atomic E-state index is 13.7. The average molecular weight is 465 g/mol. The molecule has 0 radical (unpaired) electrons. The fourth-order valence-corrected chi connectivity index (χ4v) is 3.75. The van der Waals surface area contributed by atoms with Crippen LogP contribution in [-0.4, -0.2) is 31.6 Å². The lowest BCUT2D eigenvalue weighted by atomic mass is 10.0. The molecule has 1 aliphatic heterocycles. The molecule has 1 aromatic carbocycles. The number of benzene rings is 1. The first-order chi connectivity index (χ1) is 15.8. The maximum atomic E-state index is 13.7. The van der Waals surface area contributed by atoms with Crippen LogP contribution in [0.15, 0.2) is 53.6 Å². The zero-order chi connectivity index (χ0) is 25.0. The number of carbonyl (C=O) groups is 1. The number of carbonyl (C=O) groups excluding carboxylic acids is 1. The van der Waals surface area contributed by atoms with Crippen molar-refractivity contribution >= 4 is 17.2 Å². The van der Waals surface area contributed by atoms with Crippen LogP contribution in [-0.2, 0) is 35.2 Å². The third-order valence-electron chi connectivity index (χ3n) is 4.89. The summed E-state index contributed by atoms with van der Waals surface area (Å²) in [6.45, 7) is 9.28. The van der Waals surface area contributed by atoms with E-state index >= 15 is 0 Å². The zero-order valence-corrected chi connectivity index (χ0v) is 20.3. The Kier molecular flexibility index (Phi) is 11.9. The minimum Gasteiger partial charge on any atom is -0.388 e. The molecule has 33 heavy (non-hydrogen) atoms. The number of methoxy groups -OCH3 is 1. The molecule has 182 valence electrons. The summed E-state index contributed by atoms with van der Waals surface area (Å²) in [6.07, 6.45) is 3.97. The number of fused-ring (bicyclic) bond motifs is 3. The van der Waals surface area contributed by atoms with Crippen molar-refractivity contribution in [3.05, 3.63) is 70.5 Å². The molecule has 7 heteroatoms. The molecule has 0 unspecified atom stereocenters. The highest BCUT2D eigenvalue weighted by Crippen LogP contribution is 2.39. The lowest BCUT2D eigenvalue weighted by Crippen LogP contribution is -2.24. The van der Waals surface area contributed by atoms with Gasteiger partial charge in [0.25, 0.3) is 0 Å². The molecule has 0 saturated heterocycles. The highest BCUT2D eigenvalue weighted by molar-refractivity contribution is 5.89. The van der Waals surface area contributed by atoms with E-state index in [4.69, 9.17) is 0 Å². The number of ether oxygens (including phenoxy) is 1. The first kappa shape index (κ1) is 28.4. The van der Waals surface area contributed by atoms with Crippen LogP contribution in [0.3, 0.4) is 0 Å². The Labute approximate surface area is 194 Å². The molecule has 3 rings (SSSR count). The number of hydrogen-bond acceptors (Lipinski definition) is 3. The van der Waals surface area contributed by atoms with E-state index in [1.165, 1.54) is 6.07 Å². The number of aromatic nitrogens is 1. The van der Waals surface area contributed by atoms with Gasteiger partial charge in [-0.3, -0.25) is 4.79 Å². The van der Waals surface area contributed by atoms with Crippen molar-refractivity contribution in [2.24, 2.45) is 0 Å². The molecule has 2 aromatic rings. The predicted molar refractivity (Wildman–Crippen MR) is 129 cm³/mol. The van der Waals surface area contributed by atoms with E-state index < -0.39 is 11.7 Å². The Hall–Kier alpha value is -2.64. The Bertz CT molecular complexity index is 999. The number of hydrogen-bond donors (Lipinski definition) is 1. The van der Waals surface area contributed by atoms with E-state index in [1.54, 1.807) is 43.1 Å². The van der Waals surface area contributed by atoms with Crippen LogP contribution >= 0.6 is 0 Å². The summed E-state index contributed by atoms with van der Waals surface area (Å²) in [5.41, 5.74) is 2.77. The molecule has 1 aliphatic rings. The van der Waals surface area contributed by atoms with Crippen molar-refractivity contribution in [2.75, 3.05) is 20.8 Å². The number of allylic oxidation sites excluding steroid dienone is 6. The van der Waals surface area contributed by atoms with Crippen molar-refractivity contribution < 1.29 is 22.7 Å². The summed E-state index contributed by atoms with van der Waals surface area (Å²) in [4.78, 5) is 11.3. The molecular weight excluding hydrogens is 429 g/mol. The second-order valence-corrected chi connectivity index (χ2v) is 7.35. The highest BCUT2D eigenvalue weighted by Gasteiger charge is 2.35. The SMILES string of the molecule is CC.COC.C\C=C/C=C(C=O)\C=C(/C)Cn1c2c(c3cccc(C(F)(F)F)c31)CNCC2. The van der Waals surface area contributed by atoms with Gasteiger partial charge in [0, 0.05) is 56.9 Å². The third-order valence-corrected chi connectivity index (χ3v) is 4.89. The van der Waals surface area contributed by atoms with E-state index in [2.05, 4.69) is 10.1 Å². The van der Waals surface area contributed by atoms with Gasteiger partial charge in [0.05, 0.1) is 11.1 Å². The Balaban J connectivity index is 0.00000101. The smallest absolute Gasteiger partial charge is 0.388 e. The summed E-state index contributed by atoms with van der Waals surface area (Å²) >= 11 is 0. The van der Waals surface area contributed by atoms with Crippen molar-refractivity contribution in [3.63, 3.8) is 0 Å². The molecular formula is C26H35F3N2O2. The third kappa shape index (κ3) is 7.44. The van der Waals surface area contributed by atoms with Gasteiger partial charge in [-0.15, -0.1) is 0 Å². The van der Waals surface area contributed by atoms with Gasteiger partial charge in [-0.05, 0) is 25.5 Å². The monoisotopic (exact) mass is 464 g/mol. The average Bonchev–Trinajstić information content (AvgIpc) is 3.11. The fourth-order valence-electron chi connectivity index (χ4n) is 3.75. The fraction of sp³-hybridized carbons (Fsp3) is 0.423. The van der Waals surface area contributed by atoms with Gasteiger partial charge in [-0.1, -0.05) is 55.9 Å². The summed E-state index contributed by atoms with van der Waals surface area (Å²) < 4.78 is 47.1. The quantitative estimate of drug-likeness (QED) is 0.323. The molecule has 0 amide bonds. The second kappa shape index (κ2) is 13.8. The van der Waals surface area contributed by atoms with Crippen molar-refractivity contribution in [3.8, 4) is 0 Å². The van der Waals surface area contributed by atoms with Crippen LogP contribution in [0.2, 0.25) is 0 Å². The van der Waals surface area contributed by atoms with E-state index in [-0.39, 0.29) is 5.52 Å². The minimum absolute atomic E-state index is 0.224. The largest absolute Gasteiger partial charge is 0.418 e. The van der Waals surface area contributed by atoms with Crippen LogP contribution in [0.1, 0.15) is 44.5 Å². The number of nitrogens with one attached hydrogen (secondary N) is 1. The molecule has 4 nitrogen and oxygen atoms in total. The van der Waals surface area contributed by atoms with E-state index in [9.17, 15) is 18.0 Å². The molecule has 2 heterocycles. The minimum atomic E-state index is -4.43. The normalized spacial score (nSPS) is 14.3. The van der Waals surface area contributed by atoms with Crippen molar-refractivity contribution in [2.45, 2.75) is 53.4 Å². The number of aldehydes is 1.